The monoisotopic (exact) mass is 383 g/mol. The molecule has 9 nitrogen and oxygen atoms in total. The number of unbranched alkanes of at least 4 members (excludes halogenated alkanes) is 1. The van der Waals surface area contributed by atoms with Crippen LogP contribution in [0.3, 0.4) is 0 Å². The van der Waals surface area contributed by atoms with Gasteiger partial charge in [0.2, 0.25) is 0 Å². The second-order valence-corrected chi connectivity index (χ2v) is 7.03. The summed E-state index contributed by atoms with van der Waals surface area (Å²) in [6.07, 6.45) is 6.13. The van der Waals surface area contributed by atoms with Crippen LogP contribution in [0.15, 0.2) is 23.1 Å². The molecule has 0 atom stereocenters. The Bertz CT molecular complexity index is 1000. The normalized spacial score (nSPS) is 14.1. The number of pyridine rings is 1. The number of nitrogens with two attached hydrogens (primary N) is 1. The molecule has 0 unspecified atom stereocenters. The van der Waals surface area contributed by atoms with Crippen molar-refractivity contribution >= 4 is 22.8 Å². The first-order valence-corrected chi connectivity index (χ1v) is 9.74. The molecule has 3 aromatic rings. The molecular formula is C19H25N7O2. The first-order chi connectivity index (χ1) is 13.7. The lowest BCUT2D eigenvalue weighted by Gasteiger charge is -2.16. The Morgan fingerprint density at radius 1 is 1.25 bits per heavy atom. The molecule has 0 radical (unpaired) electrons. The Balaban J connectivity index is 1.60. The van der Waals surface area contributed by atoms with Crippen molar-refractivity contribution in [2.24, 2.45) is 0 Å². The zero-order chi connectivity index (χ0) is 19.5. The van der Waals surface area contributed by atoms with Gasteiger partial charge in [-0.15, -0.1) is 0 Å². The van der Waals surface area contributed by atoms with Gasteiger partial charge >= 0.3 is 11.7 Å². The zero-order valence-corrected chi connectivity index (χ0v) is 16.0. The highest BCUT2D eigenvalue weighted by Crippen LogP contribution is 2.20. The average Bonchev–Trinajstić information content (AvgIpc) is 3.33. The molecule has 9 heteroatoms. The van der Waals surface area contributed by atoms with E-state index in [1.54, 1.807) is 0 Å². The van der Waals surface area contributed by atoms with E-state index in [9.17, 15) is 4.79 Å². The third-order valence-corrected chi connectivity index (χ3v) is 4.94. The van der Waals surface area contributed by atoms with Gasteiger partial charge in [0, 0.05) is 19.3 Å². The van der Waals surface area contributed by atoms with E-state index in [0.29, 0.717) is 24.3 Å². The highest BCUT2D eigenvalue weighted by atomic mass is 16.5. The third kappa shape index (κ3) is 3.64. The van der Waals surface area contributed by atoms with Crippen LogP contribution in [0.25, 0.3) is 11.2 Å². The van der Waals surface area contributed by atoms with Crippen molar-refractivity contribution in [2.45, 2.75) is 39.2 Å². The number of aromatic amines is 1. The molecule has 1 saturated heterocycles. The van der Waals surface area contributed by atoms with E-state index < -0.39 is 0 Å². The molecule has 4 rings (SSSR count). The van der Waals surface area contributed by atoms with Gasteiger partial charge in [0.25, 0.3) is 0 Å². The SMILES string of the molecule is CCCCOc1nc(N)c2[nH]c(=O)n(Cc3ccc(N4CCCC4)nc3)c2n1. The Morgan fingerprint density at radius 3 is 2.79 bits per heavy atom. The first-order valence-electron chi connectivity index (χ1n) is 9.74. The molecule has 1 fully saturated rings. The molecule has 3 aromatic heterocycles. The molecule has 4 heterocycles. The van der Waals surface area contributed by atoms with Crippen molar-refractivity contribution in [3.8, 4) is 6.01 Å². The Labute approximate surface area is 162 Å². The summed E-state index contributed by atoms with van der Waals surface area (Å²) >= 11 is 0. The number of hydrogen-bond acceptors (Lipinski definition) is 7. The fraction of sp³-hybridized carbons (Fsp3) is 0.474. The van der Waals surface area contributed by atoms with Gasteiger partial charge in [0.15, 0.2) is 11.5 Å². The first kappa shape index (κ1) is 18.3. The number of ether oxygens (including phenoxy) is 1. The predicted molar refractivity (Wildman–Crippen MR) is 108 cm³/mol. The Kier molecular flexibility index (Phi) is 5.14. The number of fused-ring (bicyclic) bond motifs is 1. The summed E-state index contributed by atoms with van der Waals surface area (Å²) < 4.78 is 7.11. The summed E-state index contributed by atoms with van der Waals surface area (Å²) in [4.78, 5) is 30.6. The van der Waals surface area contributed by atoms with Crippen LogP contribution in [0, 0.1) is 0 Å². The van der Waals surface area contributed by atoms with E-state index in [2.05, 4.69) is 31.8 Å². The van der Waals surface area contributed by atoms with Crippen LogP contribution in [0.1, 0.15) is 38.2 Å². The second kappa shape index (κ2) is 7.87. The van der Waals surface area contributed by atoms with Crippen molar-refractivity contribution in [3.05, 3.63) is 34.4 Å². The molecule has 0 saturated carbocycles. The molecular weight excluding hydrogens is 358 g/mol. The number of anilines is 2. The number of nitrogens with one attached hydrogen (secondary N) is 1. The fourth-order valence-corrected chi connectivity index (χ4v) is 3.38. The molecule has 0 amide bonds. The predicted octanol–water partition coefficient (Wildman–Crippen LogP) is 1.92. The van der Waals surface area contributed by atoms with Crippen LogP contribution in [0.4, 0.5) is 11.6 Å². The number of H-pyrrole nitrogens is 1. The van der Waals surface area contributed by atoms with E-state index in [1.807, 2.05) is 18.3 Å². The van der Waals surface area contributed by atoms with Gasteiger partial charge in [0.1, 0.15) is 11.3 Å². The highest BCUT2D eigenvalue weighted by molar-refractivity contribution is 5.81. The number of aromatic nitrogens is 5. The van der Waals surface area contributed by atoms with Crippen LogP contribution >= 0.6 is 0 Å². The van der Waals surface area contributed by atoms with Crippen LogP contribution in [0.2, 0.25) is 0 Å². The lowest BCUT2D eigenvalue weighted by Crippen LogP contribution is -2.20. The van der Waals surface area contributed by atoms with Gasteiger partial charge < -0.3 is 20.4 Å². The van der Waals surface area contributed by atoms with Crippen LogP contribution < -0.4 is 21.1 Å². The van der Waals surface area contributed by atoms with Crippen molar-refractivity contribution in [1.29, 1.82) is 0 Å². The van der Waals surface area contributed by atoms with Crippen LogP contribution in [0.5, 0.6) is 6.01 Å². The van der Waals surface area contributed by atoms with Gasteiger partial charge in [-0.3, -0.25) is 4.57 Å². The van der Waals surface area contributed by atoms with Gasteiger partial charge in [-0.05, 0) is 30.9 Å². The Morgan fingerprint density at radius 2 is 2.07 bits per heavy atom. The number of imidazole rings is 1. The van der Waals surface area contributed by atoms with Gasteiger partial charge in [-0.2, -0.15) is 9.97 Å². The van der Waals surface area contributed by atoms with Crippen molar-refractivity contribution in [3.63, 3.8) is 0 Å². The maximum Gasteiger partial charge on any atom is 0.328 e. The van der Waals surface area contributed by atoms with Gasteiger partial charge in [-0.25, -0.2) is 9.78 Å². The summed E-state index contributed by atoms with van der Waals surface area (Å²) in [6, 6.07) is 4.19. The molecule has 1 aliphatic heterocycles. The molecule has 0 bridgehead atoms. The van der Waals surface area contributed by atoms with E-state index in [4.69, 9.17) is 10.5 Å². The second-order valence-electron chi connectivity index (χ2n) is 7.03. The number of rotatable bonds is 7. The molecule has 3 N–H and O–H groups in total. The van der Waals surface area contributed by atoms with Crippen LogP contribution in [-0.4, -0.2) is 44.2 Å². The summed E-state index contributed by atoms with van der Waals surface area (Å²) in [5.41, 5.74) is 7.48. The number of nitrogen functional groups attached to an aromatic ring is 1. The maximum atomic E-state index is 12.5. The molecule has 1 aliphatic rings. The van der Waals surface area contributed by atoms with Gasteiger partial charge in [0.05, 0.1) is 13.2 Å². The fourth-order valence-electron chi connectivity index (χ4n) is 3.38. The molecule has 148 valence electrons. The minimum Gasteiger partial charge on any atom is -0.463 e. The van der Waals surface area contributed by atoms with Crippen molar-refractivity contribution in [2.75, 3.05) is 30.3 Å². The topological polar surface area (TPSA) is 115 Å². The van der Waals surface area contributed by atoms with Crippen molar-refractivity contribution in [1.82, 2.24) is 24.5 Å². The largest absolute Gasteiger partial charge is 0.463 e. The van der Waals surface area contributed by atoms with Crippen LogP contribution in [-0.2, 0) is 6.54 Å². The minimum absolute atomic E-state index is 0.189. The smallest absolute Gasteiger partial charge is 0.328 e. The minimum atomic E-state index is -0.287. The quantitative estimate of drug-likeness (QED) is 0.599. The van der Waals surface area contributed by atoms with Crippen molar-refractivity contribution < 1.29 is 4.74 Å². The zero-order valence-electron chi connectivity index (χ0n) is 16.0. The molecule has 28 heavy (non-hydrogen) atoms. The molecule has 0 spiro atoms. The average molecular weight is 383 g/mol. The van der Waals surface area contributed by atoms with E-state index in [-0.39, 0.29) is 17.5 Å². The van der Waals surface area contributed by atoms with E-state index >= 15 is 0 Å². The Hall–Kier alpha value is -3.10. The summed E-state index contributed by atoms with van der Waals surface area (Å²) in [6.45, 7) is 5.03. The number of nitrogens with zero attached hydrogens (tertiary/aromatic N) is 5. The summed E-state index contributed by atoms with van der Waals surface area (Å²) in [5, 5.41) is 0. The standard InChI is InChI=1S/C19H25N7O2/c1-2-3-10-28-18-23-16(20)15-17(24-18)26(19(27)22-15)12-13-6-7-14(21-11-13)25-8-4-5-9-25/h6-7,11H,2-5,8-10,12H2,1H3,(H,22,27)(H2,20,23,24). The number of hydrogen-bond donors (Lipinski definition) is 2. The van der Waals surface area contributed by atoms with E-state index in [1.165, 1.54) is 17.4 Å². The van der Waals surface area contributed by atoms with Gasteiger partial charge in [-0.1, -0.05) is 19.4 Å². The summed E-state index contributed by atoms with van der Waals surface area (Å²) in [5.74, 6) is 1.18. The lowest BCUT2D eigenvalue weighted by molar-refractivity contribution is 0.286. The molecule has 0 aromatic carbocycles. The third-order valence-electron chi connectivity index (χ3n) is 4.94. The summed E-state index contributed by atoms with van der Waals surface area (Å²) in [7, 11) is 0. The maximum absolute atomic E-state index is 12.5. The highest BCUT2D eigenvalue weighted by Gasteiger charge is 2.16. The lowest BCUT2D eigenvalue weighted by atomic mass is 10.2. The van der Waals surface area contributed by atoms with E-state index in [0.717, 1.165) is 37.3 Å². The molecule has 0 aliphatic carbocycles.